The maximum atomic E-state index is 12.3. The number of hydrogen-bond acceptors (Lipinski definition) is 4. The van der Waals surface area contributed by atoms with Gasteiger partial charge in [-0.2, -0.15) is 0 Å². The Balaban J connectivity index is 2.17. The van der Waals surface area contributed by atoms with Crippen molar-refractivity contribution in [2.45, 2.75) is 24.8 Å². The molecule has 0 aliphatic heterocycles. The van der Waals surface area contributed by atoms with E-state index in [1.807, 2.05) is 25.1 Å². The second-order valence-electron chi connectivity index (χ2n) is 4.61. The average molecular weight is 305 g/mol. The predicted octanol–water partition coefficient (Wildman–Crippen LogP) is 2.38. The standard InChI is InChI=1S/C15H19N3O2S/c1-2-9-18-21(19,20)15-8-4-3-7-14(15)17-12-13-6-5-10-16-11-13/h3-8,10-11,17-18H,2,9,12H2,1H3. The molecule has 0 saturated carbocycles. The van der Waals surface area contributed by atoms with E-state index in [9.17, 15) is 8.42 Å². The maximum Gasteiger partial charge on any atom is 0.242 e. The molecule has 0 bridgehead atoms. The van der Waals surface area contributed by atoms with Gasteiger partial charge in [0.1, 0.15) is 4.90 Å². The number of nitrogens with zero attached hydrogens (tertiary/aromatic N) is 1. The zero-order valence-corrected chi connectivity index (χ0v) is 12.7. The highest BCUT2D eigenvalue weighted by molar-refractivity contribution is 7.89. The van der Waals surface area contributed by atoms with Gasteiger partial charge in [0, 0.05) is 25.5 Å². The quantitative estimate of drug-likeness (QED) is 0.824. The van der Waals surface area contributed by atoms with Gasteiger partial charge < -0.3 is 5.32 Å². The van der Waals surface area contributed by atoms with Gasteiger partial charge in [-0.15, -0.1) is 0 Å². The van der Waals surface area contributed by atoms with E-state index in [2.05, 4.69) is 15.0 Å². The molecule has 0 atom stereocenters. The summed E-state index contributed by atoms with van der Waals surface area (Å²) in [7, 11) is -3.49. The third-order valence-electron chi connectivity index (χ3n) is 2.92. The average Bonchev–Trinajstić information content (AvgIpc) is 2.52. The van der Waals surface area contributed by atoms with Crippen LogP contribution < -0.4 is 10.0 Å². The molecule has 0 aliphatic carbocycles. The van der Waals surface area contributed by atoms with Gasteiger partial charge in [0.25, 0.3) is 0 Å². The van der Waals surface area contributed by atoms with E-state index in [1.165, 1.54) is 0 Å². The zero-order chi connectivity index (χ0) is 15.1. The summed E-state index contributed by atoms with van der Waals surface area (Å²) in [5, 5.41) is 3.15. The monoisotopic (exact) mass is 305 g/mol. The first-order valence-corrected chi connectivity index (χ1v) is 8.33. The number of aromatic nitrogens is 1. The van der Waals surface area contributed by atoms with Crippen LogP contribution in [0.25, 0.3) is 0 Å². The van der Waals surface area contributed by atoms with Gasteiger partial charge >= 0.3 is 0 Å². The molecule has 1 aromatic heterocycles. The summed E-state index contributed by atoms with van der Waals surface area (Å²) in [6.45, 7) is 2.88. The van der Waals surface area contributed by atoms with E-state index in [4.69, 9.17) is 0 Å². The van der Waals surface area contributed by atoms with Crippen molar-refractivity contribution in [3.8, 4) is 0 Å². The summed E-state index contributed by atoms with van der Waals surface area (Å²) in [6.07, 6.45) is 4.21. The molecule has 0 aliphatic rings. The van der Waals surface area contributed by atoms with Crippen molar-refractivity contribution in [3.05, 3.63) is 54.4 Å². The highest BCUT2D eigenvalue weighted by Gasteiger charge is 2.17. The first kappa shape index (κ1) is 15.5. The van der Waals surface area contributed by atoms with Crippen LogP contribution in [0.15, 0.2) is 53.7 Å². The molecule has 0 amide bonds. The molecule has 5 nitrogen and oxygen atoms in total. The second kappa shape index (κ2) is 7.19. The lowest BCUT2D eigenvalue weighted by Gasteiger charge is -2.13. The predicted molar refractivity (Wildman–Crippen MR) is 83.5 cm³/mol. The third kappa shape index (κ3) is 4.27. The Labute approximate surface area is 125 Å². The first-order chi connectivity index (χ1) is 10.1. The fraction of sp³-hybridized carbons (Fsp3) is 0.267. The van der Waals surface area contributed by atoms with Crippen molar-refractivity contribution in [3.63, 3.8) is 0 Å². The van der Waals surface area contributed by atoms with Crippen LogP contribution in [0.2, 0.25) is 0 Å². The highest BCUT2D eigenvalue weighted by atomic mass is 32.2. The van der Waals surface area contributed by atoms with Crippen LogP contribution in [0.5, 0.6) is 0 Å². The molecular weight excluding hydrogens is 286 g/mol. The van der Waals surface area contributed by atoms with Crippen molar-refractivity contribution in [1.82, 2.24) is 9.71 Å². The minimum atomic E-state index is -3.49. The zero-order valence-electron chi connectivity index (χ0n) is 11.9. The Hall–Kier alpha value is -1.92. The van der Waals surface area contributed by atoms with Crippen LogP contribution in [0.4, 0.5) is 5.69 Å². The molecule has 0 radical (unpaired) electrons. The molecule has 0 saturated heterocycles. The SMILES string of the molecule is CCCNS(=O)(=O)c1ccccc1NCc1cccnc1. The van der Waals surface area contributed by atoms with Crippen LogP contribution in [-0.2, 0) is 16.6 Å². The second-order valence-corrected chi connectivity index (χ2v) is 6.34. The maximum absolute atomic E-state index is 12.3. The Morgan fingerprint density at radius 2 is 1.95 bits per heavy atom. The number of benzene rings is 1. The van der Waals surface area contributed by atoms with Gasteiger partial charge in [0.15, 0.2) is 0 Å². The lowest BCUT2D eigenvalue weighted by Crippen LogP contribution is -2.25. The van der Waals surface area contributed by atoms with Crippen LogP contribution >= 0.6 is 0 Å². The van der Waals surface area contributed by atoms with Crippen molar-refractivity contribution < 1.29 is 8.42 Å². The summed E-state index contributed by atoms with van der Waals surface area (Å²) >= 11 is 0. The highest BCUT2D eigenvalue weighted by Crippen LogP contribution is 2.21. The third-order valence-corrected chi connectivity index (χ3v) is 4.44. The van der Waals surface area contributed by atoms with Crippen LogP contribution in [-0.4, -0.2) is 19.9 Å². The molecular formula is C15H19N3O2S. The van der Waals surface area contributed by atoms with E-state index >= 15 is 0 Å². The molecule has 0 spiro atoms. The fourth-order valence-corrected chi connectivity index (χ4v) is 3.18. The molecule has 0 unspecified atom stereocenters. The number of pyridine rings is 1. The lowest BCUT2D eigenvalue weighted by molar-refractivity contribution is 0.581. The van der Waals surface area contributed by atoms with Gasteiger partial charge in [-0.3, -0.25) is 4.98 Å². The van der Waals surface area contributed by atoms with Crippen molar-refractivity contribution in [2.75, 3.05) is 11.9 Å². The Morgan fingerprint density at radius 3 is 2.67 bits per heavy atom. The minimum absolute atomic E-state index is 0.266. The Bertz CT molecular complexity index is 672. The number of para-hydroxylation sites is 1. The Morgan fingerprint density at radius 1 is 1.14 bits per heavy atom. The first-order valence-electron chi connectivity index (χ1n) is 6.85. The number of nitrogens with one attached hydrogen (secondary N) is 2. The normalized spacial score (nSPS) is 11.3. The van der Waals surface area contributed by atoms with Crippen LogP contribution in [0.1, 0.15) is 18.9 Å². The molecule has 2 rings (SSSR count). The molecule has 1 heterocycles. The van der Waals surface area contributed by atoms with Gasteiger partial charge in [-0.05, 0) is 30.2 Å². The van der Waals surface area contributed by atoms with E-state index in [1.54, 1.807) is 30.6 Å². The largest absolute Gasteiger partial charge is 0.380 e. The molecule has 2 N–H and O–H groups in total. The van der Waals surface area contributed by atoms with Crippen molar-refractivity contribution >= 4 is 15.7 Å². The molecule has 2 aromatic rings. The summed E-state index contributed by atoms with van der Waals surface area (Å²) < 4.78 is 27.1. The summed E-state index contributed by atoms with van der Waals surface area (Å²) in [5.74, 6) is 0. The molecule has 21 heavy (non-hydrogen) atoms. The van der Waals surface area contributed by atoms with Crippen LogP contribution in [0.3, 0.4) is 0 Å². The number of sulfonamides is 1. The van der Waals surface area contributed by atoms with Gasteiger partial charge in [0.05, 0.1) is 5.69 Å². The fourth-order valence-electron chi connectivity index (χ4n) is 1.86. The van der Waals surface area contributed by atoms with E-state index in [0.717, 1.165) is 12.0 Å². The topological polar surface area (TPSA) is 71.1 Å². The Kier molecular flexibility index (Phi) is 5.30. The van der Waals surface area contributed by atoms with E-state index in [0.29, 0.717) is 18.8 Å². The van der Waals surface area contributed by atoms with Gasteiger partial charge in [-0.25, -0.2) is 13.1 Å². The lowest BCUT2D eigenvalue weighted by atomic mass is 10.2. The van der Waals surface area contributed by atoms with Crippen molar-refractivity contribution in [1.29, 1.82) is 0 Å². The van der Waals surface area contributed by atoms with Crippen molar-refractivity contribution in [2.24, 2.45) is 0 Å². The molecule has 1 aromatic carbocycles. The van der Waals surface area contributed by atoms with Gasteiger partial charge in [0.2, 0.25) is 10.0 Å². The smallest absolute Gasteiger partial charge is 0.242 e. The van der Waals surface area contributed by atoms with Crippen LogP contribution in [0, 0.1) is 0 Å². The summed E-state index contributed by atoms with van der Waals surface area (Å²) in [4.78, 5) is 4.30. The summed E-state index contributed by atoms with van der Waals surface area (Å²) in [6, 6.07) is 10.7. The number of hydrogen-bond donors (Lipinski definition) is 2. The van der Waals surface area contributed by atoms with Gasteiger partial charge in [-0.1, -0.05) is 25.1 Å². The summed E-state index contributed by atoms with van der Waals surface area (Å²) in [5.41, 5.74) is 1.58. The molecule has 6 heteroatoms. The van der Waals surface area contributed by atoms with E-state index < -0.39 is 10.0 Å². The molecule has 0 fully saturated rings. The minimum Gasteiger partial charge on any atom is -0.380 e. The van der Waals surface area contributed by atoms with E-state index in [-0.39, 0.29) is 4.90 Å². The number of anilines is 1. The molecule has 112 valence electrons. The number of rotatable bonds is 7.